The third-order valence-corrected chi connectivity index (χ3v) is 3.83. The predicted octanol–water partition coefficient (Wildman–Crippen LogP) is 1.32. The Labute approximate surface area is 127 Å². The zero-order valence-electron chi connectivity index (χ0n) is 13.5. The quantitative estimate of drug-likeness (QED) is 0.879. The molecule has 1 aliphatic rings. The number of hydrogen-bond donors (Lipinski definition) is 2. The Balaban J connectivity index is 1.82. The molecule has 0 radical (unpaired) electrons. The molecule has 0 saturated carbocycles. The number of ether oxygens (including phenoxy) is 1. The number of hydrogen-bond acceptors (Lipinski definition) is 2. The maximum atomic E-state index is 12.1. The van der Waals surface area contributed by atoms with Crippen LogP contribution in [0.4, 0.5) is 5.69 Å². The molecule has 1 aromatic carbocycles. The van der Waals surface area contributed by atoms with Gasteiger partial charge in [0.1, 0.15) is 25.3 Å². The SMILES string of the molecule is Cc1cc(C)cc(NC(=O)CC[NH+]2CC(C)OC(C)C2)c1. The number of rotatable bonds is 4. The van der Waals surface area contributed by atoms with Gasteiger partial charge < -0.3 is 15.0 Å². The molecule has 1 fully saturated rings. The monoisotopic (exact) mass is 291 g/mol. The van der Waals surface area contributed by atoms with Gasteiger partial charge in [0.15, 0.2) is 0 Å². The van der Waals surface area contributed by atoms with Crippen molar-refractivity contribution in [2.45, 2.75) is 46.3 Å². The lowest BCUT2D eigenvalue weighted by atomic mass is 10.1. The fourth-order valence-corrected chi connectivity index (χ4v) is 3.15. The van der Waals surface area contributed by atoms with Crippen LogP contribution in [0, 0.1) is 13.8 Å². The van der Waals surface area contributed by atoms with Crippen LogP contribution in [0.15, 0.2) is 18.2 Å². The van der Waals surface area contributed by atoms with Gasteiger partial charge in [-0.05, 0) is 51.0 Å². The molecule has 2 atom stereocenters. The average Bonchev–Trinajstić information content (AvgIpc) is 2.34. The summed E-state index contributed by atoms with van der Waals surface area (Å²) in [5.41, 5.74) is 3.25. The van der Waals surface area contributed by atoms with Crippen LogP contribution in [0.25, 0.3) is 0 Å². The summed E-state index contributed by atoms with van der Waals surface area (Å²) in [5, 5.41) is 3.00. The normalized spacial score (nSPS) is 25.6. The Kier molecular flexibility index (Phi) is 5.37. The fraction of sp³-hybridized carbons (Fsp3) is 0.588. The Morgan fingerprint density at radius 3 is 2.33 bits per heavy atom. The second-order valence-corrected chi connectivity index (χ2v) is 6.34. The molecule has 4 nitrogen and oxygen atoms in total. The molecule has 1 aliphatic heterocycles. The van der Waals surface area contributed by atoms with Crippen molar-refractivity contribution in [2.75, 3.05) is 25.0 Å². The molecule has 4 heteroatoms. The molecule has 2 rings (SSSR count). The summed E-state index contributed by atoms with van der Waals surface area (Å²) in [6.07, 6.45) is 1.12. The van der Waals surface area contributed by atoms with E-state index in [1.54, 1.807) is 0 Å². The van der Waals surface area contributed by atoms with E-state index in [0.29, 0.717) is 6.42 Å². The van der Waals surface area contributed by atoms with Crippen LogP contribution in [0.1, 0.15) is 31.4 Å². The Hall–Kier alpha value is -1.39. The van der Waals surface area contributed by atoms with E-state index in [-0.39, 0.29) is 18.1 Å². The first-order valence-electron chi connectivity index (χ1n) is 7.79. The van der Waals surface area contributed by atoms with E-state index >= 15 is 0 Å². The van der Waals surface area contributed by atoms with E-state index in [1.807, 2.05) is 26.0 Å². The fourth-order valence-electron chi connectivity index (χ4n) is 3.15. The zero-order valence-corrected chi connectivity index (χ0v) is 13.5. The van der Waals surface area contributed by atoms with Gasteiger partial charge in [0.05, 0.1) is 13.0 Å². The summed E-state index contributed by atoms with van der Waals surface area (Å²) in [7, 11) is 0. The number of carbonyl (C=O) groups is 1. The summed E-state index contributed by atoms with van der Waals surface area (Å²) in [5.74, 6) is 0.0966. The lowest BCUT2D eigenvalue weighted by Crippen LogP contribution is -3.15. The molecular weight excluding hydrogens is 264 g/mol. The van der Waals surface area contributed by atoms with Crippen molar-refractivity contribution in [2.24, 2.45) is 0 Å². The molecule has 1 aromatic rings. The molecule has 2 N–H and O–H groups in total. The molecule has 1 amide bonds. The Bertz CT molecular complexity index is 471. The van der Waals surface area contributed by atoms with Gasteiger partial charge >= 0.3 is 0 Å². The third kappa shape index (κ3) is 5.14. The Morgan fingerprint density at radius 1 is 1.19 bits per heavy atom. The third-order valence-electron chi connectivity index (χ3n) is 3.83. The van der Waals surface area contributed by atoms with Crippen LogP contribution >= 0.6 is 0 Å². The minimum Gasteiger partial charge on any atom is -0.364 e. The van der Waals surface area contributed by atoms with E-state index in [4.69, 9.17) is 4.74 Å². The van der Waals surface area contributed by atoms with Gasteiger partial charge in [-0.25, -0.2) is 0 Å². The lowest BCUT2D eigenvalue weighted by Gasteiger charge is -2.32. The van der Waals surface area contributed by atoms with Crippen LogP contribution < -0.4 is 10.2 Å². The summed E-state index contributed by atoms with van der Waals surface area (Å²) in [6, 6.07) is 6.13. The number of benzene rings is 1. The molecule has 0 aliphatic carbocycles. The highest BCUT2D eigenvalue weighted by molar-refractivity contribution is 5.90. The van der Waals surface area contributed by atoms with E-state index < -0.39 is 0 Å². The zero-order chi connectivity index (χ0) is 15.4. The summed E-state index contributed by atoms with van der Waals surface area (Å²) in [4.78, 5) is 13.5. The van der Waals surface area contributed by atoms with Gasteiger partial charge in [-0.2, -0.15) is 0 Å². The van der Waals surface area contributed by atoms with Gasteiger partial charge in [-0.3, -0.25) is 4.79 Å². The standard InChI is InChI=1S/C17H26N2O2/c1-12-7-13(2)9-16(8-12)18-17(20)5-6-19-10-14(3)21-15(4)11-19/h7-9,14-15H,5-6,10-11H2,1-4H3,(H,18,20)/p+1. The van der Waals surface area contributed by atoms with Crippen LogP contribution in [0.5, 0.6) is 0 Å². The molecular formula is C17H27N2O2+. The van der Waals surface area contributed by atoms with Crippen molar-refractivity contribution in [3.8, 4) is 0 Å². The van der Waals surface area contributed by atoms with Crippen molar-refractivity contribution in [1.82, 2.24) is 0 Å². The maximum Gasteiger partial charge on any atom is 0.230 e. The minimum absolute atomic E-state index is 0.0966. The molecule has 1 saturated heterocycles. The number of aryl methyl sites for hydroxylation is 2. The number of morpholine rings is 1. The van der Waals surface area contributed by atoms with E-state index in [1.165, 1.54) is 16.0 Å². The van der Waals surface area contributed by atoms with Crippen molar-refractivity contribution >= 4 is 11.6 Å². The second-order valence-electron chi connectivity index (χ2n) is 6.34. The predicted molar refractivity (Wildman–Crippen MR) is 84.7 cm³/mol. The second kappa shape index (κ2) is 7.05. The molecule has 1 heterocycles. The number of carbonyl (C=O) groups excluding carboxylic acids is 1. The van der Waals surface area contributed by atoms with Crippen molar-refractivity contribution in [1.29, 1.82) is 0 Å². The summed E-state index contributed by atoms with van der Waals surface area (Å²) < 4.78 is 5.72. The maximum absolute atomic E-state index is 12.1. The highest BCUT2D eigenvalue weighted by Gasteiger charge is 2.25. The highest BCUT2D eigenvalue weighted by atomic mass is 16.5. The van der Waals surface area contributed by atoms with E-state index in [9.17, 15) is 4.79 Å². The minimum atomic E-state index is 0.0966. The first-order valence-corrected chi connectivity index (χ1v) is 7.79. The average molecular weight is 291 g/mol. The van der Waals surface area contributed by atoms with Gasteiger partial charge in [0.2, 0.25) is 5.91 Å². The number of anilines is 1. The van der Waals surface area contributed by atoms with Crippen LogP contribution in [-0.4, -0.2) is 37.7 Å². The van der Waals surface area contributed by atoms with Crippen LogP contribution in [0.2, 0.25) is 0 Å². The van der Waals surface area contributed by atoms with E-state index in [0.717, 1.165) is 25.3 Å². The summed E-state index contributed by atoms with van der Waals surface area (Å²) >= 11 is 0. The van der Waals surface area contributed by atoms with Crippen molar-refractivity contribution in [3.63, 3.8) is 0 Å². The summed E-state index contributed by atoms with van der Waals surface area (Å²) in [6.45, 7) is 11.1. The van der Waals surface area contributed by atoms with Gasteiger partial charge in [0.25, 0.3) is 0 Å². The van der Waals surface area contributed by atoms with E-state index in [2.05, 4.69) is 25.2 Å². The topological polar surface area (TPSA) is 42.8 Å². The molecule has 116 valence electrons. The molecule has 0 spiro atoms. The number of nitrogens with one attached hydrogen (secondary N) is 2. The largest absolute Gasteiger partial charge is 0.364 e. The van der Waals surface area contributed by atoms with Crippen LogP contribution in [0.3, 0.4) is 0 Å². The van der Waals surface area contributed by atoms with Crippen molar-refractivity contribution in [3.05, 3.63) is 29.3 Å². The Morgan fingerprint density at radius 2 is 1.76 bits per heavy atom. The molecule has 0 bridgehead atoms. The van der Waals surface area contributed by atoms with Crippen molar-refractivity contribution < 1.29 is 14.4 Å². The first kappa shape index (κ1) is 16.0. The lowest BCUT2D eigenvalue weighted by molar-refractivity contribution is -0.914. The first-order chi connectivity index (χ1) is 9.92. The molecule has 0 aromatic heterocycles. The van der Waals surface area contributed by atoms with Gasteiger partial charge in [-0.15, -0.1) is 0 Å². The molecule has 21 heavy (non-hydrogen) atoms. The van der Waals surface area contributed by atoms with Crippen LogP contribution in [-0.2, 0) is 9.53 Å². The number of amides is 1. The smallest absolute Gasteiger partial charge is 0.230 e. The molecule has 2 unspecified atom stereocenters. The van der Waals surface area contributed by atoms with Gasteiger partial charge in [-0.1, -0.05) is 6.07 Å². The highest BCUT2D eigenvalue weighted by Crippen LogP contribution is 2.13. The van der Waals surface area contributed by atoms with Gasteiger partial charge in [0, 0.05) is 5.69 Å². The number of quaternary nitrogens is 1.